The number of thiazole rings is 1. The van der Waals surface area contributed by atoms with E-state index in [1.54, 1.807) is 18.4 Å². The van der Waals surface area contributed by atoms with Crippen LogP contribution in [0.2, 0.25) is 0 Å². The minimum absolute atomic E-state index is 0.0163. The highest BCUT2D eigenvalue weighted by Gasteiger charge is 2.12. The van der Waals surface area contributed by atoms with Crippen molar-refractivity contribution in [2.45, 2.75) is 26.3 Å². The number of rotatable bonds is 4. The minimum atomic E-state index is -0.0163. The van der Waals surface area contributed by atoms with Gasteiger partial charge in [0.1, 0.15) is 5.75 Å². The van der Waals surface area contributed by atoms with Gasteiger partial charge in [0.2, 0.25) is 0 Å². The van der Waals surface area contributed by atoms with Gasteiger partial charge in [-0.3, -0.25) is 0 Å². The second kappa shape index (κ2) is 5.50. The Kier molecular flexibility index (Phi) is 3.99. The number of benzene rings is 1. The molecule has 0 radical (unpaired) electrons. The van der Waals surface area contributed by atoms with Gasteiger partial charge in [0, 0.05) is 17.8 Å². The van der Waals surface area contributed by atoms with Gasteiger partial charge in [-0.05, 0) is 37.1 Å². The number of hydrogen-bond donors (Lipinski definition) is 1. The van der Waals surface area contributed by atoms with Gasteiger partial charge in [0.05, 0.1) is 17.8 Å². The van der Waals surface area contributed by atoms with Crippen molar-refractivity contribution in [3.8, 4) is 5.75 Å². The lowest BCUT2D eigenvalue weighted by Gasteiger charge is -2.14. The molecule has 2 aromatic rings. The van der Waals surface area contributed by atoms with E-state index in [1.165, 1.54) is 0 Å². The summed E-state index contributed by atoms with van der Waals surface area (Å²) in [7, 11) is 1.67. The fraction of sp³-hybridized carbons (Fsp3) is 0.357. The van der Waals surface area contributed by atoms with E-state index in [2.05, 4.69) is 17.3 Å². The molecule has 2 N–H and O–H groups in total. The Hall–Kier alpha value is -1.39. The standard InChI is InChI=1S/C14H18N2OS/c1-9-6-12(17-3)4-5-13(9)14(15)7-11-8-18-10(2)16-11/h4-6,8,14H,7,15H2,1-3H3. The topological polar surface area (TPSA) is 48.1 Å². The Bertz CT molecular complexity index is 536. The molecule has 3 nitrogen and oxygen atoms in total. The SMILES string of the molecule is COc1ccc(C(N)Cc2csc(C)n2)c(C)c1. The molecule has 1 unspecified atom stereocenters. The van der Waals surface area contributed by atoms with Crippen molar-refractivity contribution < 1.29 is 4.74 Å². The average molecular weight is 262 g/mol. The maximum atomic E-state index is 6.25. The van der Waals surface area contributed by atoms with Gasteiger partial charge < -0.3 is 10.5 Å². The van der Waals surface area contributed by atoms with Gasteiger partial charge in [-0.2, -0.15) is 0 Å². The van der Waals surface area contributed by atoms with Crippen LogP contribution in [-0.2, 0) is 6.42 Å². The lowest BCUT2D eigenvalue weighted by Crippen LogP contribution is -2.15. The van der Waals surface area contributed by atoms with E-state index in [0.29, 0.717) is 0 Å². The van der Waals surface area contributed by atoms with Crippen molar-refractivity contribution in [3.05, 3.63) is 45.4 Å². The van der Waals surface area contributed by atoms with Crippen LogP contribution in [0, 0.1) is 13.8 Å². The van der Waals surface area contributed by atoms with Gasteiger partial charge in [0.15, 0.2) is 0 Å². The number of ether oxygens (including phenoxy) is 1. The second-order valence-electron chi connectivity index (χ2n) is 4.39. The molecule has 18 heavy (non-hydrogen) atoms. The van der Waals surface area contributed by atoms with E-state index in [4.69, 9.17) is 10.5 Å². The highest BCUT2D eigenvalue weighted by Crippen LogP contribution is 2.24. The molecule has 0 bridgehead atoms. The smallest absolute Gasteiger partial charge is 0.119 e. The Morgan fingerprint density at radius 1 is 1.39 bits per heavy atom. The molecule has 96 valence electrons. The monoisotopic (exact) mass is 262 g/mol. The minimum Gasteiger partial charge on any atom is -0.497 e. The molecule has 0 saturated heterocycles. The Morgan fingerprint density at radius 3 is 2.72 bits per heavy atom. The Labute approximate surface area is 112 Å². The number of hydrogen-bond acceptors (Lipinski definition) is 4. The van der Waals surface area contributed by atoms with E-state index in [0.717, 1.165) is 34.0 Å². The molecular weight excluding hydrogens is 244 g/mol. The number of aromatic nitrogens is 1. The summed E-state index contributed by atoms with van der Waals surface area (Å²) in [5, 5.41) is 3.16. The molecule has 0 aliphatic carbocycles. The fourth-order valence-electron chi connectivity index (χ4n) is 2.03. The molecule has 0 amide bonds. The largest absolute Gasteiger partial charge is 0.497 e. The first-order valence-electron chi connectivity index (χ1n) is 5.91. The van der Waals surface area contributed by atoms with E-state index < -0.39 is 0 Å². The summed E-state index contributed by atoms with van der Waals surface area (Å²) >= 11 is 1.67. The maximum Gasteiger partial charge on any atom is 0.119 e. The molecule has 0 aliphatic heterocycles. The van der Waals surface area contributed by atoms with Crippen LogP contribution >= 0.6 is 11.3 Å². The third kappa shape index (κ3) is 2.89. The number of nitrogens with two attached hydrogens (primary N) is 1. The van der Waals surface area contributed by atoms with Crippen LogP contribution in [-0.4, -0.2) is 12.1 Å². The predicted molar refractivity (Wildman–Crippen MR) is 75.2 cm³/mol. The lowest BCUT2D eigenvalue weighted by atomic mass is 9.98. The zero-order valence-corrected chi connectivity index (χ0v) is 11.8. The first-order valence-corrected chi connectivity index (χ1v) is 6.79. The van der Waals surface area contributed by atoms with Crippen molar-refractivity contribution in [2.24, 2.45) is 5.73 Å². The van der Waals surface area contributed by atoms with Gasteiger partial charge in [-0.1, -0.05) is 6.07 Å². The predicted octanol–water partition coefficient (Wildman–Crippen LogP) is 3.01. The van der Waals surface area contributed by atoms with Crippen molar-refractivity contribution >= 4 is 11.3 Å². The maximum absolute atomic E-state index is 6.25. The third-order valence-corrected chi connectivity index (χ3v) is 3.79. The van der Waals surface area contributed by atoms with Crippen molar-refractivity contribution in [2.75, 3.05) is 7.11 Å². The molecule has 2 rings (SSSR count). The van der Waals surface area contributed by atoms with Crippen LogP contribution in [0.25, 0.3) is 0 Å². The van der Waals surface area contributed by atoms with Crippen molar-refractivity contribution in [1.82, 2.24) is 4.98 Å². The number of nitrogens with zero attached hydrogens (tertiary/aromatic N) is 1. The number of aryl methyl sites for hydroxylation is 2. The third-order valence-electron chi connectivity index (χ3n) is 2.97. The molecule has 1 aromatic heterocycles. The van der Waals surface area contributed by atoms with E-state index in [9.17, 15) is 0 Å². The van der Waals surface area contributed by atoms with Gasteiger partial charge in [-0.25, -0.2) is 4.98 Å². The van der Waals surface area contributed by atoms with E-state index >= 15 is 0 Å². The van der Waals surface area contributed by atoms with Crippen molar-refractivity contribution in [1.29, 1.82) is 0 Å². The van der Waals surface area contributed by atoms with Crippen molar-refractivity contribution in [3.63, 3.8) is 0 Å². The highest BCUT2D eigenvalue weighted by molar-refractivity contribution is 7.09. The fourth-order valence-corrected chi connectivity index (χ4v) is 2.65. The normalized spacial score (nSPS) is 12.4. The Balaban J connectivity index is 2.15. The quantitative estimate of drug-likeness (QED) is 0.921. The zero-order valence-electron chi connectivity index (χ0n) is 10.9. The molecule has 0 saturated carbocycles. The second-order valence-corrected chi connectivity index (χ2v) is 5.45. The summed E-state index contributed by atoms with van der Waals surface area (Å²) < 4.78 is 5.20. The number of methoxy groups -OCH3 is 1. The van der Waals surface area contributed by atoms with Crippen LogP contribution in [0.4, 0.5) is 0 Å². The van der Waals surface area contributed by atoms with E-state index in [-0.39, 0.29) is 6.04 Å². The van der Waals surface area contributed by atoms with Gasteiger partial charge in [-0.15, -0.1) is 11.3 Å². The van der Waals surface area contributed by atoms with Crippen LogP contribution < -0.4 is 10.5 Å². The van der Waals surface area contributed by atoms with Crippen LogP contribution in [0.15, 0.2) is 23.6 Å². The molecule has 1 atom stereocenters. The molecular formula is C14H18N2OS. The van der Waals surface area contributed by atoms with Crippen LogP contribution in [0.5, 0.6) is 5.75 Å². The molecule has 0 spiro atoms. The first-order chi connectivity index (χ1) is 8.60. The van der Waals surface area contributed by atoms with Gasteiger partial charge in [0.25, 0.3) is 0 Å². The molecule has 1 heterocycles. The summed E-state index contributed by atoms with van der Waals surface area (Å²) in [5.74, 6) is 0.868. The average Bonchev–Trinajstić information content (AvgIpc) is 2.74. The van der Waals surface area contributed by atoms with Crippen LogP contribution in [0.3, 0.4) is 0 Å². The summed E-state index contributed by atoms with van der Waals surface area (Å²) in [5.41, 5.74) is 9.64. The molecule has 0 fully saturated rings. The zero-order chi connectivity index (χ0) is 13.1. The summed E-state index contributed by atoms with van der Waals surface area (Å²) in [6, 6.07) is 5.99. The molecule has 0 aliphatic rings. The summed E-state index contributed by atoms with van der Waals surface area (Å²) in [6.45, 7) is 4.07. The Morgan fingerprint density at radius 2 is 2.17 bits per heavy atom. The highest BCUT2D eigenvalue weighted by atomic mass is 32.1. The molecule has 1 aromatic carbocycles. The lowest BCUT2D eigenvalue weighted by molar-refractivity contribution is 0.414. The summed E-state index contributed by atoms with van der Waals surface area (Å²) in [4.78, 5) is 4.45. The van der Waals surface area contributed by atoms with Crippen LogP contribution in [0.1, 0.15) is 27.9 Å². The first kappa shape index (κ1) is 13.1. The summed E-state index contributed by atoms with van der Waals surface area (Å²) in [6.07, 6.45) is 0.775. The van der Waals surface area contributed by atoms with E-state index in [1.807, 2.05) is 25.1 Å². The molecule has 4 heteroatoms. The van der Waals surface area contributed by atoms with Gasteiger partial charge >= 0.3 is 0 Å².